The number of nitro groups is 1. The fourth-order valence-corrected chi connectivity index (χ4v) is 3.29. The zero-order chi connectivity index (χ0) is 19.4. The van der Waals surface area contributed by atoms with Gasteiger partial charge in [0.25, 0.3) is 11.6 Å². The van der Waals surface area contributed by atoms with Crippen molar-refractivity contribution in [3.05, 3.63) is 74.8 Å². The number of nitro benzene ring substituents is 1. The normalized spacial score (nSPS) is 15.5. The SMILES string of the molecule is Cc1ccc(C(=O)OCC(=O)NC2CCCc3ccccc32)cc1[N+](=O)[O-]. The van der Waals surface area contributed by atoms with Crippen LogP contribution in [-0.4, -0.2) is 23.4 Å². The fraction of sp³-hybridized carbons (Fsp3) is 0.300. The summed E-state index contributed by atoms with van der Waals surface area (Å²) in [5.74, 6) is -1.16. The molecule has 0 saturated heterocycles. The maximum atomic E-state index is 12.2. The molecule has 2 aromatic rings. The Kier molecular flexibility index (Phi) is 5.49. The minimum absolute atomic E-state index is 0.0445. The van der Waals surface area contributed by atoms with Crippen LogP contribution in [0.15, 0.2) is 42.5 Å². The second-order valence-electron chi connectivity index (χ2n) is 6.55. The molecule has 0 bridgehead atoms. The summed E-state index contributed by atoms with van der Waals surface area (Å²) in [6, 6.07) is 12.0. The molecule has 0 aromatic heterocycles. The quantitative estimate of drug-likeness (QED) is 0.496. The molecule has 0 aliphatic heterocycles. The maximum Gasteiger partial charge on any atom is 0.338 e. The summed E-state index contributed by atoms with van der Waals surface area (Å²) < 4.78 is 5.02. The van der Waals surface area contributed by atoms with E-state index in [1.165, 1.54) is 17.7 Å². The molecular formula is C20H20N2O5. The maximum absolute atomic E-state index is 12.2. The number of nitrogens with zero attached hydrogens (tertiary/aromatic N) is 1. The van der Waals surface area contributed by atoms with Crippen LogP contribution < -0.4 is 5.32 Å². The second-order valence-corrected chi connectivity index (χ2v) is 6.55. The molecule has 0 saturated carbocycles. The number of ether oxygens (including phenoxy) is 1. The van der Waals surface area contributed by atoms with Crippen LogP contribution in [0.3, 0.4) is 0 Å². The first-order valence-corrected chi connectivity index (χ1v) is 8.75. The van der Waals surface area contributed by atoms with Gasteiger partial charge < -0.3 is 10.1 Å². The lowest BCUT2D eigenvalue weighted by Crippen LogP contribution is -2.34. The highest BCUT2D eigenvalue weighted by molar-refractivity contribution is 5.92. The first kappa shape index (κ1) is 18.6. The molecule has 0 fully saturated rings. The van der Waals surface area contributed by atoms with Gasteiger partial charge in [-0.2, -0.15) is 0 Å². The lowest BCUT2D eigenvalue weighted by atomic mass is 9.88. The minimum Gasteiger partial charge on any atom is -0.452 e. The smallest absolute Gasteiger partial charge is 0.338 e. The van der Waals surface area contributed by atoms with Gasteiger partial charge in [0.15, 0.2) is 6.61 Å². The Balaban J connectivity index is 1.59. The van der Waals surface area contributed by atoms with Crippen molar-refractivity contribution >= 4 is 17.6 Å². The summed E-state index contributed by atoms with van der Waals surface area (Å²) in [6.45, 7) is 1.15. The molecule has 27 heavy (non-hydrogen) atoms. The molecule has 1 aliphatic carbocycles. The molecule has 140 valence electrons. The fourth-order valence-electron chi connectivity index (χ4n) is 3.29. The van der Waals surface area contributed by atoms with Gasteiger partial charge >= 0.3 is 5.97 Å². The standard InChI is InChI=1S/C20H20N2O5/c1-13-9-10-15(11-18(13)22(25)26)20(24)27-12-19(23)21-17-8-4-6-14-5-2-3-7-16(14)17/h2-3,5,7,9-11,17H,4,6,8,12H2,1H3,(H,21,23). The molecule has 0 radical (unpaired) electrons. The molecule has 0 spiro atoms. The van der Waals surface area contributed by atoms with E-state index in [9.17, 15) is 19.7 Å². The highest BCUT2D eigenvalue weighted by atomic mass is 16.6. The van der Waals surface area contributed by atoms with Crippen molar-refractivity contribution in [2.75, 3.05) is 6.61 Å². The Labute approximate surface area is 156 Å². The van der Waals surface area contributed by atoms with Gasteiger partial charge in [-0.1, -0.05) is 30.3 Å². The molecule has 0 heterocycles. The lowest BCUT2D eigenvalue weighted by Gasteiger charge is -2.26. The van der Waals surface area contributed by atoms with Gasteiger partial charge in [0.05, 0.1) is 16.5 Å². The van der Waals surface area contributed by atoms with E-state index in [4.69, 9.17) is 4.74 Å². The molecule has 1 aliphatic rings. The van der Waals surface area contributed by atoms with Crippen LogP contribution in [-0.2, 0) is 16.0 Å². The third-order valence-corrected chi connectivity index (χ3v) is 4.68. The van der Waals surface area contributed by atoms with Crippen molar-refractivity contribution in [1.29, 1.82) is 0 Å². The Morgan fingerprint density at radius 1 is 1.26 bits per heavy atom. The van der Waals surface area contributed by atoms with Crippen molar-refractivity contribution in [2.45, 2.75) is 32.2 Å². The van der Waals surface area contributed by atoms with Gasteiger partial charge in [0, 0.05) is 11.6 Å². The summed E-state index contributed by atoms with van der Waals surface area (Å²) in [7, 11) is 0. The summed E-state index contributed by atoms with van der Waals surface area (Å²) in [5.41, 5.74) is 2.65. The Morgan fingerprint density at radius 3 is 2.81 bits per heavy atom. The number of hydrogen-bond acceptors (Lipinski definition) is 5. The van der Waals surface area contributed by atoms with E-state index in [0.717, 1.165) is 30.9 Å². The molecule has 1 N–H and O–H groups in total. The number of aryl methyl sites for hydroxylation is 2. The van der Waals surface area contributed by atoms with Gasteiger partial charge in [0.2, 0.25) is 0 Å². The zero-order valence-corrected chi connectivity index (χ0v) is 14.9. The number of carbonyl (C=O) groups is 2. The Morgan fingerprint density at radius 2 is 2.04 bits per heavy atom. The summed E-state index contributed by atoms with van der Waals surface area (Å²) >= 11 is 0. The Bertz CT molecular complexity index is 894. The number of rotatable bonds is 5. The number of hydrogen-bond donors (Lipinski definition) is 1. The zero-order valence-electron chi connectivity index (χ0n) is 14.9. The topological polar surface area (TPSA) is 98.5 Å². The Hall–Kier alpha value is -3.22. The number of amides is 1. The molecule has 3 rings (SSSR count). The number of carbonyl (C=O) groups excluding carboxylic acids is 2. The average Bonchev–Trinajstić information content (AvgIpc) is 2.66. The predicted octanol–water partition coefficient (Wildman–Crippen LogP) is 3.25. The summed E-state index contributed by atoms with van der Waals surface area (Å²) in [6.07, 6.45) is 2.80. The molecule has 7 heteroatoms. The van der Waals surface area contributed by atoms with Crippen LogP contribution in [0.2, 0.25) is 0 Å². The van der Waals surface area contributed by atoms with Gasteiger partial charge in [0.1, 0.15) is 0 Å². The molecule has 1 amide bonds. The average molecular weight is 368 g/mol. The molecule has 1 unspecified atom stereocenters. The van der Waals surface area contributed by atoms with Crippen LogP contribution in [0, 0.1) is 17.0 Å². The monoisotopic (exact) mass is 368 g/mol. The van der Waals surface area contributed by atoms with E-state index in [0.29, 0.717) is 5.56 Å². The summed E-state index contributed by atoms with van der Waals surface area (Å²) in [4.78, 5) is 34.7. The summed E-state index contributed by atoms with van der Waals surface area (Å²) in [5, 5.41) is 13.9. The number of fused-ring (bicyclic) bond motifs is 1. The third-order valence-electron chi connectivity index (χ3n) is 4.68. The van der Waals surface area contributed by atoms with E-state index < -0.39 is 23.4 Å². The van der Waals surface area contributed by atoms with Crippen LogP contribution in [0.5, 0.6) is 0 Å². The third kappa shape index (κ3) is 4.31. The highest BCUT2D eigenvalue weighted by Crippen LogP contribution is 2.29. The predicted molar refractivity (Wildman–Crippen MR) is 98.4 cm³/mol. The van der Waals surface area contributed by atoms with E-state index in [1.807, 2.05) is 18.2 Å². The minimum atomic E-state index is -0.766. The van der Waals surface area contributed by atoms with Crippen LogP contribution in [0.4, 0.5) is 5.69 Å². The van der Waals surface area contributed by atoms with Gasteiger partial charge in [-0.25, -0.2) is 4.79 Å². The number of esters is 1. The highest BCUT2D eigenvalue weighted by Gasteiger charge is 2.22. The van der Waals surface area contributed by atoms with E-state index >= 15 is 0 Å². The van der Waals surface area contributed by atoms with Crippen molar-refractivity contribution < 1.29 is 19.2 Å². The van der Waals surface area contributed by atoms with Gasteiger partial charge in [-0.05, 0) is 43.4 Å². The molecule has 2 aromatic carbocycles. The van der Waals surface area contributed by atoms with Crippen LogP contribution in [0.1, 0.15) is 45.9 Å². The first-order valence-electron chi connectivity index (χ1n) is 8.75. The largest absolute Gasteiger partial charge is 0.452 e. The van der Waals surface area contributed by atoms with Gasteiger partial charge in [-0.3, -0.25) is 14.9 Å². The van der Waals surface area contributed by atoms with Crippen molar-refractivity contribution in [2.24, 2.45) is 0 Å². The number of benzene rings is 2. The molecule has 7 nitrogen and oxygen atoms in total. The molecular weight excluding hydrogens is 348 g/mol. The van der Waals surface area contributed by atoms with Gasteiger partial charge in [-0.15, -0.1) is 0 Å². The van der Waals surface area contributed by atoms with Crippen molar-refractivity contribution in [3.8, 4) is 0 Å². The molecule has 1 atom stereocenters. The van der Waals surface area contributed by atoms with Crippen molar-refractivity contribution in [1.82, 2.24) is 5.32 Å². The van der Waals surface area contributed by atoms with E-state index in [-0.39, 0.29) is 17.3 Å². The van der Waals surface area contributed by atoms with E-state index in [2.05, 4.69) is 11.4 Å². The first-order chi connectivity index (χ1) is 13.0. The number of nitrogens with one attached hydrogen (secondary N) is 1. The lowest BCUT2D eigenvalue weighted by molar-refractivity contribution is -0.385. The van der Waals surface area contributed by atoms with Crippen LogP contribution in [0.25, 0.3) is 0 Å². The van der Waals surface area contributed by atoms with E-state index in [1.54, 1.807) is 6.92 Å². The van der Waals surface area contributed by atoms with Crippen LogP contribution >= 0.6 is 0 Å². The second kappa shape index (κ2) is 7.99. The van der Waals surface area contributed by atoms with Crippen molar-refractivity contribution in [3.63, 3.8) is 0 Å².